The first-order valence-corrected chi connectivity index (χ1v) is 8.86. The maximum atomic E-state index is 13.6. The van der Waals surface area contributed by atoms with Crippen molar-refractivity contribution in [2.75, 3.05) is 5.32 Å². The summed E-state index contributed by atoms with van der Waals surface area (Å²) in [5.41, 5.74) is -0.380. The van der Waals surface area contributed by atoms with Crippen LogP contribution in [0.1, 0.15) is 42.5 Å². The maximum Gasteiger partial charge on any atom is 0.326 e. The van der Waals surface area contributed by atoms with Gasteiger partial charge < -0.3 is 10.1 Å². The minimum atomic E-state index is -1.15. The van der Waals surface area contributed by atoms with Gasteiger partial charge >= 0.3 is 6.03 Å². The predicted molar refractivity (Wildman–Crippen MR) is 96.8 cm³/mol. The molecule has 142 valence electrons. The first kappa shape index (κ1) is 18.8. The molecule has 1 aliphatic carbocycles. The summed E-state index contributed by atoms with van der Waals surface area (Å²) in [6, 6.07) is 8.85. The van der Waals surface area contributed by atoms with Gasteiger partial charge in [0, 0.05) is 5.69 Å². The van der Waals surface area contributed by atoms with Gasteiger partial charge in [0.2, 0.25) is 0 Å². The van der Waals surface area contributed by atoms with Crippen LogP contribution >= 0.6 is 0 Å². The van der Waals surface area contributed by atoms with Gasteiger partial charge in [-0.25, -0.2) is 13.6 Å². The summed E-state index contributed by atoms with van der Waals surface area (Å²) >= 11 is 0. The van der Waals surface area contributed by atoms with E-state index in [0.29, 0.717) is 11.4 Å². The van der Waals surface area contributed by atoms with Gasteiger partial charge in [-0.1, -0.05) is 12.5 Å². The van der Waals surface area contributed by atoms with Crippen molar-refractivity contribution in [3.63, 3.8) is 0 Å². The molecule has 1 aliphatic rings. The Labute approximate surface area is 155 Å². The van der Waals surface area contributed by atoms with E-state index in [1.165, 1.54) is 19.3 Å². The molecule has 3 rings (SSSR count). The number of carbonyl (C=O) groups is 2. The molecule has 0 bridgehead atoms. The molecule has 1 fully saturated rings. The summed E-state index contributed by atoms with van der Waals surface area (Å²) in [4.78, 5) is 23.8. The lowest BCUT2D eigenvalue weighted by Gasteiger charge is -2.23. The third-order valence-corrected chi connectivity index (χ3v) is 4.38. The SMILES string of the molecule is O=C(NC(=O)c1c(F)cccc1F)Nc1ccc(OC2CCCCC2)cc1. The number of rotatable bonds is 4. The quantitative estimate of drug-likeness (QED) is 0.819. The number of imide groups is 1. The van der Waals surface area contributed by atoms with Gasteiger partial charge in [0.15, 0.2) is 0 Å². The first-order chi connectivity index (χ1) is 13.0. The molecule has 27 heavy (non-hydrogen) atoms. The van der Waals surface area contributed by atoms with Gasteiger partial charge in [0.1, 0.15) is 22.9 Å². The summed E-state index contributed by atoms with van der Waals surface area (Å²) in [5.74, 6) is -2.52. The number of ether oxygens (including phenoxy) is 1. The van der Waals surface area contributed by atoms with E-state index in [1.54, 1.807) is 24.3 Å². The van der Waals surface area contributed by atoms with Crippen LogP contribution in [0, 0.1) is 11.6 Å². The minimum absolute atomic E-state index is 0.217. The highest BCUT2D eigenvalue weighted by molar-refractivity contribution is 6.08. The predicted octanol–water partition coefficient (Wildman–Crippen LogP) is 4.64. The largest absolute Gasteiger partial charge is 0.490 e. The van der Waals surface area contributed by atoms with Gasteiger partial charge in [-0.05, 0) is 62.1 Å². The molecule has 0 aliphatic heterocycles. The number of urea groups is 1. The van der Waals surface area contributed by atoms with Crippen molar-refractivity contribution >= 4 is 17.6 Å². The van der Waals surface area contributed by atoms with Crippen LogP contribution in [-0.4, -0.2) is 18.0 Å². The lowest BCUT2D eigenvalue weighted by Crippen LogP contribution is -2.35. The van der Waals surface area contributed by atoms with E-state index < -0.39 is 29.1 Å². The van der Waals surface area contributed by atoms with Gasteiger partial charge in [0.25, 0.3) is 5.91 Å². The Morgan fingerprint density at radius 3 is 2.19 bits per heavy atom. The van der Waals surface area contributed by atoms with Crippen LogP contribution in [-0.2, 0) is 0 Å². The third-order valence-electron chi connectivity index (χ3n) is 4.38. The third kappa shape index (κ3) is 5.03. The number of benzene rings is 2. The molecule has 1 saturated carbocycles. The van der Waals surface area contributed by atoms with E-state index in [9.17, 15) is 18.4 Å². The zero-order valence-electron chi connectivity index (χ0n) is 14.6. The van der Waals surface area contributed by atoms with E-state index >= 15 is 0 Å². The fraction of sp³-hybridized carbons (Fsp3) is 0.300. The average Bonchev–Trinajstić information content (AvgIpc) is 2.64. The van der Waals surface area contributed by atoms with Gasteiger partial charge in [0.05, 0.1) is 6.10 Å². The zero-order valence-corrected chi connectivity index (χ0v) is 14.6. The second-order valence-electron chi connectivity index (χ2n) is 6.41. The standard InChI is InChI=1S/C20H20F2N2O3/c21-16-7-4-8-17(22)18(16)19(25)24-20(26)23-13-9-11-15(12-10-13)27-14-5-2-1-3-6-14/h4,7-12,14H,1-3,5-6H2,(H2,23,24,25,26). The number of anilines is 1. The summed E-state index contributed by atoms with van der Waals surface area (Å²) < 4.78 is 33.0. The molecule has 2 N–H and O–H groups in total. The fourth-order valence-electron chi connectivity index (χ4n) is 3.03. The van der Waals surface area contributed by atoms with E-state index in [0.717, 1.165) is 31.0 Å². The fourth-order valence-corrected chi connectivity index (χ4v) is 3.03. The van der Waals surface area contributed by atoms with E-state index in [1.807, 2.05) is 5.32 Å². The van der Waals surface area contributed by atoms with Crippen LogP contribution in [0.4, 0.5) is 19.3 Å². The van der Waals surface area contributed by atoms with Crippen LogP contribution in [0.2, 0.25) is 0 Å². The average molecular weight is 374 g/mol. The second-order valence-corrected chi connectivity index (χ2v) is 6.41. The summed E-state index contributed by atoms with van der Waals surface area (Å²) in [5, 5.41) is 4.35. The molecule has 0 unspecified atom stereocenters. The highest BCUT2D eigenvalue weighted by Gasteiger charge is 2.19. The Bertz CT molecular complexity index is 798. The van der Waals surface area contributed by atoms with Crippen LogP contribution in [0.15, 0.2) is 42.5 Å². The van der Waals surface area contributed by atoms with Gasteiger partial charge in [-0.3, -0.25) is 10.1 Å². The molecule has 0 radical (unpaired) electrons. The number of carbonyl (C=O) groups excluding carboxylic acids is 2. The number of amides is 3. The summed E-state index contributed by atoms with van der Waals surface area (Å²) in [6.07, 6.45) is 5.87. The van der Waals surface area contributed by atoms with Crippen molar-refractivity contribution in [3.05, 3.63) is 59.7 Å². The topological polar surface area (TPSA) is 67.4 Å². The summed E-state index contributed by atoms with van der Waals surface area (Å²) in [6.45, 7) is 0. The molecular formula is C20H20F2N2O3. The van der Waals surface area contributed by atoms with Crippen LogP contribution in [0.25, 0.3) is 0 Å². The van der Waals surface area contributed by atoms with Gasteiger partial charge in [-0.15, -0.1) is 0 Å². The number of nitrogens with one attached hydrogen (secondary N) is 2. The molecule has 7 heteroatoms. The Hall–Kier alpha value is -2.96. The molecule has 2 aromatic rings. The minimum Gasteiger partial charge on any atom is -0.490 e. The summed E-state index contributed by atoms with van der Waals surface area (Å²) in [7, 11) is 0. The number of hydrogen-bond acceptors (Lipinski definition) is 3. The normalized spacial score (nSPS) is 14.4. The van der Waals surface area contributed by atoms with Crippen molar-refractivity contribution in [2.24, 2.45) is 0 Å². The molecule has 5 nitrogen and oxygen atoms in total. The van der Waals surface area contributed by atoms with E-state index in [2.05, 4.69) is 5.32 Å². The van der Waals surface area contributed by atoms with Crippen LogP contribution < -0.4 is 15.4 Å². The van der Waals surface area contributed by atoms with Crippen LogP contribution in [0.3, 0.4) is 0 Å². The van der Waals surface area contributed by atoms with Crippen molar-refractivity contribution in [1.82, 2.24) is 5.32 Å². The molecule has 2 aromatic carbocycles. The Morgan fingerprint density at radius 2 is 1.56 bits per heavy atom. The molecule has 0 aromatic heterocycles. The Morgan fingerprint density at radius 1 is 0.926 bits per heavy atom. The molecular weight excluding hydrogens is 354 g/mol. The monoisotopic (exact) mass is 374 g/mol. The second kappa shape index (κ2) is 8.62. The van der Waals surface area contributed by atoms with Crippen molar-refractivity contribution in [3.8, 4) is 5.75 Å². The highest BCUT2D eigenvalue weighted by Crippen LogP contribution is 2.24. The highest BCUT2D eigenvalue weighted by atomic mass is 19.1. The maximum absolute atomic E-state index is 13.6. The molecule has 0 heterocycles. The Balaban J connectivity index is 1.55. The van der Waals surface area contributed by atoms with Gasteiger partial charge in [-0.2, -0.15) is 0 Å². The van der Waals surface area contributed by atoms with Crippen molar-refractivity contribution in [2.45, 2.75) is 38.2 Å². The molecule has 0 spiro atoms. The van der Waals surface area contributed by atoms with E-state index in [-0.39, 0.29) is 6.10 Å². The smallest absolute Gasteiger partial charge is 0.326 e. The van der Waals surface area contributed by atoms with Crippen molar-refractivity contribution < 1.29 is 23.1 Å². The molecule has 3 amide bonds. The zero-order chi connectivity index (χ0) is 19.2. The molecule has 0 saturated heterocycles. The first-order valence-electron chi connectivity index (χ1n) is 8.86. The van der Waals surface area contributed by atoms with E-state index in [4.69, 9.17) is 4.74 Å². The number of hydrogen-bond donors (Lipinski definition) is 2. The van der Waals surface area contributed by atoms with Crippen LogP contribution in [0.5, 0.6) is 5.75 Å². The lowest BCUT2D eigenvalue weighted by molar-refractivity contribution is 0.0959. The lowest BCUT2D eigenvalue weighted by atomic mass is 9.98. The Kier molecular flexibility index (Phi) is 6.01. The van der Waals surface area contributed by atoms with Crippen molar-refractivity contribution in [1.29, 1.82) is 0 Å². The molecule has 0 atom stereocenters. The number of halogens is 2.